The molecule has 0 aliphatic heterocycles. The summed E-state index contributed by atoms with van der Waals surface area (Å²) in [7, 11) is 0. The van der Waals surface area contributed by atoms with Crippen LogP contribution < -0.4 is 4.74 Å². The standard InChI is InChI=1S/C27H34O4S/c1-7-30-26(29)27(4,5)31-25-17(2)15-20(16-18(25)3)22-9-8-10-23(22)24(28)19-11-13-21(32-6)14-12-19/h11-16,22-23H,7-10H2,1-6H3/t22-,23?/m1/s1. The van der Waals surface area contributed by atoms with E-state index in [2.05, 4.69) is 12.1 Å². The van der Waals surface area contributed by atoms with Gasteiger partial charge in [-0.2, -0.15) is 0 Å². The fourth-order valence-corrected chi connectivity index (χ4v) is 5.01. The summed E-state index contributed by atoms with van der Waals surface area (Å²) in [6.45, 7) is 9.56. The van der Waals surface area contributed by atoms with E-state index in [1.807, 2.05) is 44.4 Å². The average Bonchev–Trinajstić information content (AvgIpc) is 3.26. The Balaban J connectivity index is 1.84. The smallest absolute Gasteiger partial charge is 0.349 e. The van der Waals surface area contributed by atoms with Crippen molar-refractivity contribution < 1.29 is 19.1 Å². The van der Waals surface area contributed by atoms with Gasteiger partial charge in [0.05, 0.1) is 6.61 Å². The van der Waals surface area contributed by atoms with E-state index in [4.69, 9.17) is 9.47 Å². The molecule has 1 aliphatic rings. The highest BCUT2D eigenvalue weighted by Gasteiger charge is 2.36. The highest BCUT2D eigenvalue weighted by Crippen LogP contribution is 2.43. The Bertz CT molecular complexity index is 955. The van der Waals surface area contributed by atoms with Crippen molar-refractivity contribution in [2.75, 3.05) is 12.9 Å². The SMILES string of the molecule is CCOC(=O)C(C)(C)Oc1c(C)cc([C@H]2CCCC2C(=O)c2ccc(SC)cc2)cc1C. The Hall–Kier alpha value is -2.27. The number of rotatable bonds is 8. The number of thioether (sulfide) groups is 1. The topological polar surface area (TPSA) is 52.6 Å². The molecule has 2 aromatic carbocycles. The van der Waals surface area contributed by atoms with Crippen LogP contribution in [0, 0.1) is 19.8 Å². The molecule has 1 saturated carbocycles. The van der Waals surface area contributed by atoms with Gasteiger partial charge in [0.2, 0.25) is 0 Å². The number of carbonyl (C=O) groups excluding carboxylic acids is 2. The molecular weight excluding hydrogens is 420 g/mol. The summed E-state index contributed by atoms with van der Waals surface area (Å²) in [5.41, 5.74) is 2.85. The molecule has 0 amide bonds. The van der Waals surface area contributed by atoms with Gasteiger partial charge in [-0.15, -0.1) is 11.8 Å². The van der Waals surface area contributed by atoms with Crippen molar-refractivity contribution in [1.29, 1.82) is 0 Å². The maximum Gasteiger partial charge on any atom is 0.349 e. The van der Waals surface area contributed by atoms with Gasteiger partial charge in [0.1, 0.15) is 5.75 Å². The molecule has 1 fully saturated rings. The molecule has 172 valence electrons. The van der Waals surface area contributed by atoms with Crippen LogP contribution in [0.25, 0.3) is 0 Å². The van der Waals surface area contributed by atoms with Crippen LogP contribution >= 0.6 is 11.8 Å². The van der Waals surface area contributed by atoms with Crippen LogP contribution in [0.4, 0.5) is 0 Å². The molecule has 0 saturated heterocycles. The molecule has 2 aromatic rings. The van der Waals surface area contributed by atoms with Crippen molar-refractivity contribution in [2.45, 2.75) is 70.3 Å². The van der Waals surface area contributed by atoms with Gasteiger partial charge in [-0.05, 0) is 88.5 Å². The first-order chi connectivity index (χ1) is 15.2. The number of carbonyl (C=O) groups is 2. The second kappa shape index (κ2) is 10.1. The van der Waals surface area contributed by atoms with Crippen molar-refractivity contribution in [3.8, 4) is 5.75 Å². The maximum absolute atomic E-state index is 13.3. The summed E-state index contributed by atoms with van der Waals surface area (Å²) in [5, 5.41) is 0. The minimum absolute atomic E-state index is 0.00308. The normalized spacial score (nSPS) is 18.4. The minimum atomic E-state index is -1.07. The van der Waals surface area contributed by atoms with E-state index >= 15 is 0 Å². The Labute approximate surface area is 196 Å². The van der Waals surface area contributed by atoms with Crippen LogP contribution in [-0.4, -0.2) is 30.2 Å². The molecule has 1 aliphatic carbocycles. The van der Waals surface area contributed by atoms with Gasteiger partial charge < -0.3 is 9.47 Å². The largest absolute Gasteiger partial charge is 0.476 e. The van der Waals surface area contributed by atoms with Crippen LogP contribution in [0.15, 0.2) is 41.3 Å². The summed E-state index contributed by atoms with van der Waals surface area (Å²) >= 11 is 1.68. The maximum atomic E-state index is 13.3. The lowest BCUT2D eigenvalue weighted by atomic mass is 9.82. The lowest BCUT2D eigenvalue weighted by Gasteiger charge is -2.27. The molecule has 2 atom stereocenters. The monoisotopic (exact) mass is 454 g/mol. The predicted molar refractivity (Wildman–Crippen MR) is 130 cm³/mol. The van der Waals surface area contributed by atoms with Gasteiger partial charge in [-0.3, -0.25) is 4.79 Å². The molecule has 3 rings (SSSR count). The molecule has 1 unspecified atom stereocenters. The van der Waals surface area contributed by atoms with E-state index < -0.39 is 5.60 Å². The third-order valence-corrected chi connectivity index (χ3v) is 7.01. The fraction of sp³-hybridized carbons (Fsp3) is 0.481. The average molecular weight is 455 g/mol. The zero-order valence-electron chi connectivity index (χ0n) is 20.0. The molecule has 5 heteroatoms. The van der Waals surface area contributed by atoms with Gasteiger partial charge in [-0.25, -0.2) is 4.79 Å². The Morgan fingerprint density at radius 1 is 1.06 bits per heavy atom. The zero-order chi connectivity index (χ0) is 23.5. The minimum Gasteiger partial charge on any atom is -0.476 e. The summed E-state index contributed by atoms with van der Waals surface area (Å²) in [5.74, 6) is 0.764. The predicted octanol–water partition coefficient (Wildman–Crippen LogP) is 6.51. The van der Waals surface area contributed by atoms with E-state index in [-0.39, 0.29) is 23.6 Å². The van der Waals surface area contributed by atoms with Gasteiger partial charge in [0.15, 0.2) is 11.4 Å². The van der Waals surface area contributed by atoms with Gasteiger partial charge >= 0.3 is 5.97 Å². The molecular formula is C27H34O4S. The molecule has 0 N–H and O–H groups in total. The summed E-state index contributed by atoms with van der Waals surface area (Å²) in [6.07, 6.45) is 5.01. The first kappa shape index (κ1) is 24.4. The van der Waals surface area contributed by atoms with Crippen LogP contribution in [0.2, 0.25) is 0 Å². The lowest BCUT2D eigenvalue weighted by Crippen LogP contribution is -2.40. The number of ether oxygens (including phenoxy) is 2. The highest BCUT2D eigenvalue weighted by atomic mass is 32.2. The molecule has 32 heavy (non-hydrogen) atoms. The number of aryl methyl sites for hydroxylation is 2. The summed E-state index contributed by atoms with van der Waals surface area (Å²) < 4.78 is 11.3. The van der Waals surface area contributed by atoms with Gasteiger partial charge in [0.25, 0.3) is 0 Å². The third-order valence-electron chi connectivity index (χ3n) is 6.26. The van der Waals surface area contributed by atoms with Crippen molar-refractivity contribution in [1.82, 2.24) is 0 Å². The third kappa shape index (κ3) is 5.20. The van der Waals surface area contributed by atoms with E-state index in [1.165, 1.54) is 5.56 Å². The van der Waals surface area contributed by atoms with Gasteiger partial charge in [-0.1, -0.05) is 30.7 Å². The molecule has 0 heterocycles. The number of esters is 1. The van der Waals surface area contributed by atoms with Crippen LogP contribution in [0.3, 0.4) is 0 Å². The van der Waals surface area contributed by atoms with E-state index in [0.29, 0.717) is 12.4 Å². The zero-order valence-corrected chi connectivity index (χ0v) is 20.8. The first-order valence-corrected chi connectivity index (χ1v) is 12.6. The number of Topliss-reactive ketones (excluding diaryl/α,β-unsaturated/α-hetero) is 1. The number of hydrogen-bond donors (Lipinski definition) is 0. The van der Waals surface area contributed by atoms with Crippen molar-refractivity contribution in [3.05, 3.63) is 58.7 Å². The number of hydrogen-bond acceptors (Lipinski definition) is 5. The fourth-order valence-electron chi connectivity index (χ4n) is 4.60. The Kier molecular flexibility index (Phi) is 7.71. The molecule has 0 radical (unpaired) electrons. The second-order valence-electron chi connectivity index (χ2n) is 9.05. The van der Waals surface area contributed by atoms with Crippen LogP contribution in [0.5, 0.6) is 5.75 Å². The van der Waals surface area contributed by atoms with Crippen LogP contribution in [0.1, 0.15) is 73.0 Å². The van der Waals surface area contributed by atoms with Crippen molar-refractivity contribution >= 4 is 23.5 Å². The second-order valence-corrected chi connectivity index (χ2v) is 9.93. The number of ketones is 1. The first-order valence-electron chi connectivity index (χ1n) is 11.3. The molecule has 4 nitrogen and oxygen atoms in total. The lowest BCUT2D eigenvalue weighted by molar-refractivity contribution is -0.158. The van der Waals surface area contributed by atoms with E-state index in [0.717, 1.165) is 40.8 Å². The quantitative estimate of drug-likeness (QED) is 0.258. The van der Waals surface area contributed by atoms with Crippen molar-refractivity contribution in [2.24, 2.45) is 5.92 Å². The van der Waals surface area contributed by atoms with E-state index in [1.54, 1.807) is 32.5 Å². The highest BCUT2D eigenvalue weighted by molar-refractivity contribution is 7.98. The van der Waals surface area contributed by atoms with Gasteiger partial charge in [0, 0.05) is 16.4 Å². The molecule has 0 bridgehead atoms. The Morgan fingerprint density at radius 3 is 2.25 bits per heavy atom. The molecule has 0 spiro atoms. The molecule has 0 aromatic heterocycles. The van der Waals surface area contributed by atoms with Crippen molar-refractivity contribution in [3.63, 3.8) is 0 Å². The van der Waals surface area contributed by atoms with E-state index in [9.17, 15) is 9.59 Å². The van der Waals surface area contributed by atoms with Crippen LogP contribution in [-0.2, 0) is 9.53 Å². The number of benzene rings is 2. The Morgan fingerprint density at radius 2 is 1.69 bits per heavy atom. The summed E-state index contributed by atoms with van der Waals surface area (Å²) in [4.78, 5) is 26.7. The summed E-state index contributed by atoms with van der Waals surface area (Å²) in [6, 6.07) is 12.2.